The number of amides is 2. The summed E-state index contributed by atoms with van der Waals surface area (Å²) in [6, 6.07) is 7.41. The summed E-state index contributed by atoms with van der Waals surface area (Å²) in [5.74, 6) is -1.06. The second-order valence-electron chi connectivity index (χ2n) is 4.98. The van der Waals surface area contributed by atoms with E-state index in [9.17, 15) is 9.59 Å². The molecular formula is C13H17N3O2. The molecule has 0 bridgehead atoms. The van der Waals surface area contributed by atoms with Gasteiger partial charge in [0.05, 0.1) is 0 Å². The van der Waals surface area contributed by atoms with E-state index in [1.807, 2.05) is 38.1 Å². The molecule has 0 spiro atoms. The molecule has 96 valence electrons. The summed E-state index contributed by atoms with van der Waals surface area (Å²) >= 11 is 0. The van der Waals surface area contributed by atoms with Crippen LogP contribution in [0.5, 0.6) is 0 Å². The molecule has 0 saturated carbocycles. The van der Waals surface area contributed by atoms with E-state index < -0.39 is 17.4 Å². The molecule has 0 radical (unpaired) electrons. The van der Waals surface area contributed by atoms with Crippen molar-refractivity contribution in [1.29, 1.82) is 0 Å². The molecule has 1 aromatic carbocycles. The maximum absolute atomic E-state index is 11.7. The van der Waals surface area contributed by atoms with Crippen LogP contribution in [0.1, 0.15) is 19.4 Å². The van der Waals surface area contributed by atoms with E-state index >= 15 is 0 Å². The van der Waals surface area contributed by atoms with Crippen molar-refractivity contribution in [3.8, 4) is 0 Å². The van der Waals surface area contributed by atoms with Crippen LogP contribution in [0.25, 0.3) is 0 Å². The first kappa shape index (κ1) is 12.6. The molecule has 1 aliphatic rings. The van der Waals surface area contributed by atoms with Gasteiger partial charge < -0.3 is 16.0 Å². The summed E-state index contributed by atoms with van der Waals surface area (Å²) in [6.07, 6.45) is 0. The van der Waals surface area contributed by atoms with Gasteiger partial charge in [0.1, 0.15) is 0 Å². The molecule has 5 nitrogen and oxygen atoms in total. The van der Waals surface area contributed by atoms with Crippen LogP contribution in [0.3, 0.4) is 0 Å². The Balaban J connectivity index is 2.24. The quantitative estimate of drug-likeness (QED) is 0.740. The number of carbonyl (C=O) groups is 2. The monoisotopic (exact) mass is 247 g/mol. The Hall–Kier alpha value is -1.88. The highest BCUT2D eigenvalue weighted by Gasteiger charge is 2.27. The summed E-state index contributed by atoms with van der Waals surface area (Å²) in [7, 11) is 0. The molecule has 1 fully saturated rings. The molecule has 2 amide bonds. The first-order valence-corrected chi connectivity index (χ1v) is 5.89. The Morgan fingerprint density at radius 3 is 2.39 bits per heavy atom. The van der Waals surface area contributed by atoms with E-state index in [0.717, 1.165) is 11.3 Å². The van der Waals surface area contributed by atoms with E-state index in [1.165, 1.54) is 4.90 Å². The molecule has 5 heteroatoms. The number of hydrogen-bond donors (Lipinski definition) is 2. The van der Waals surface area contributed by atoms with Gasteiger partial charge in [-0.2, -0.15) is 0 Å². The van der Waals surface area contributed by atoms with E-state index in [0.29, 0.717) is 13.1 Å². The van der Waals surface area contributed by atoms with Gasteiger partial charge in [-0.05, 0) is 31.5 Å². The number of nitrogens with one attached hydrogen (secondary N) is 1. The normalized spacial score (nSPS) is 16.7. The lowest BCUT2D eigenvalue weighted by Crippen LogP contribution is -2.52. The van der Waals surface area contributed by atoms with Crippen molar-refractivity contribution in [2.75, 3.05) is 18.0 Å². The minimum Gasteiger partial charge on any atom is -0.346 e. The van der Waals surface area contributed by atoms with Crippen LogP contribution in [0.4, 0.5) is 5.69 Å². The standard InChI is InChI=1S/C13H17N3O2/c1-13(2,14)9-3-5-10(6-4-9)16-8-7-15-11(17)12(16)18/h3-6H,7-8,14H2,1-2H3,(H,15,17). The first-order chi connectivity index (χ1) is 8.39. The third-order valence-electron chi connectivity index (χ3n) is 2.98. The molecule has 0 atom stereocenters. The summed E-state index contributed by atoms with van der Waals surface area (Å²) in [5, 5.41) is 2.52. The lowest BCUT2D eigenvalue weighted by Gasteiger charge is -2.27. The maximum Gasteiger partial charge on any atom is 0.316 e. The van der Waals surface area contributed by atoms with Crippen LogP contribution in [-0.4, -0.2) is 24.9 Å². The molecule has 1 saturated heterocycles. The fourth-order valence-electron chi connectivity index (χ4n) is 1.90. The Morgan fingerprint density at radius 2 is 1.83 bits per heavy atom. The number of rotatable bonds is 2. The zero-order chi connectivity index (χ0) is 13.3. The zero-order valence-corrected chi connectivity index (χ0v) is 10.6. The smallest absolute Gasteiger partial charge is 0.316 e. The van der Waals surface area contributed by atoms with Crippen molar-refractivity contribution >= 4 is 17.5 Å². The van der Waals surface area contributed by atoms with Crippen LogP contribution in [-0.2, 0) is 15.1 Å². The second kappa shape index (κ2) is 4.42. The number of piperazine rings is 1. The lowest BCUT2D eigenvalue weighted by molar-refractivity contribution is -0.138. The van der Waals surface area contributed by atoms with Crippen molar-refractivity contribution in [3.05, 3.63) is 29.8 Å². The summed E-state index contributed by atoms with van der Waals surface area (Å²) in [4.78, 5) is 24.5. The highest BCUT2D eigenvalue weighted by atomic mass is 16.2. The van der Waals surface area contributed by atoms with E-state index in [1.54, 1.807) is 0 Å². The zero-order valence-electron chi connectivity index (χ0n) is 10.6. The molecule has 0 aromatic heterocycles. The highest BCUT2D eigenvalue weighted by molar-refractivity contribution is 6.41. The fourth-order valence-corrected chi connectivity index (χ4v) is 1.90. The number of nitrogens with zero attached hydrogens (tertiary/aromatic N) is 1. The molecule has 1 heterocycles. The molecule has 0 aliphatic carbocycles. The predicted molar refractivity (Wildman–Crippen MR) is 69.0 cm³/mol. The Bertz CT molecular complexity index is 474. The maximum atomic E-state index is 11.7. The van der Waals surface area contributed by atoms with E-state index in [4.69, 9.17) is 5.73 Å². The van der Waals surface area contributed by atoms with Gasteiger partial charge in [0, 0.05) is 24.3 Å². The van der Waals surface area contributed by atoms with Gasteiger partial charge in [-0.1, -0.05) is 12.1 Å². The summed E-state index contributed by atoms with van der Waals surface area (Å²) < 4.78 is 0. The molecule has 3 N–H and O–H groups in total. The Kier molecular flexibility index (Phi) is 3.09. The third kappa shape index (κ3) is 2.36. The number of benzene rings is 1. The second-order valence-corrected chi connectivity index (χ2v) is 4.98. The van der Waals surface area contributed by atoms with Crippen molar-refractivity contribution in [1.82, 2.24) is 5.32 Å². The molecule has 0 unspecified atom stereocenters. The minimum absolute atomic E-state index is 0.415. The molecule has 1 aromatic rings. The SMILES string of the molecule is CC(C)(N)c1ccc(N2CCNC(=O)C2=O)cc1. The van der Waals surface area contributed by atoms with E-state index in [-0.39, 0.29) is 0 Å². The predicted octanol–water partition coefficient (Wildman–Crippen LogP) is 0.343. The van der Waals surface area contributed by atoms with Crippen LogP contribution in [0.15, 0.2) is 24.3 Å². The minimum atomic E-state index is -0.551. The fraction of sp³-hybridized carbons (Fsp3) is 0.385. The van der Waals surface area contributed by atoms with Gasteiger partial charge in [-0.15, -0.1) is 0 Å². The summed E-state index contributed by atoms with van der Waals surface area (Å²) in [5.41, 5.74) is 7.29. The largest absolute Gasteiger partial charge is 0.346 e. The number of nitrogens with two attached hydrogens (primary N) is 1. The van der Waals surface area contributed by atoms with Crippen LogP contribution in [0.2, 0.25) is 0 Å². The number of carbonyl (C=O) groups excluding carboxylic acids is 2. The number of anilines is 1. The first-order valence-electron chi connectivity index (χ1n) is 5.89. The van der Waals surface area contributed by atoms with Gasteiger partial charge in [0.25, 0.3) is 0 Å². The molecule has 18 heavy (non-hydrogen) atoms. The van der Waals surface area contributed by atoms with Gasteiger partial charge >= 0.3 is 11.8 Å². The average molecular weight is 247 g/mol. The summed E-state index contributed by atoms with van der Waals surface area (Å²) in [6.45, 7) is 4.81. The highest BCUT2D eigenvalue weighted by Crippen LogP contribution is 2.22. The van der Waals surface area contributed by atoms with Gasteiger partial charge in [0.15, 0.2) is 0 Å². The van der Waals surface area contributed by atoms with Crippen molar-refractivity contribution < 1.29 is 9.59 Å². The van der Waals surface area contributed by atoms with E-state index in [2.05, 4.69) is 5.32 Å². The van der Waals surface area contributed by atoms with Crippen LogP contribution < -0.4 is 16.0 Å². The van der Waals surface area contributed by atoms with Crippen molar-refractivity contribution in [2.45, 2.75) is 19.4 Å². The lowest BCUT2D eigenvalue weighted by atomic mass is 9.95. The van der Waals surface area contributed by atoms with Crippen molar-refractivity contribution in [2.24, 2.45) is 5.73 Å². The molecule has 2 rings (SSSR count). The van der Waals surface area contributed by atoms with Gasteiger partial charge in [0.2, 0.25) is 0 Å². The molecular weight excluding hydrogens is 230 g/mol. The number of hydrogen-bond acceptors (Lipinski definition) is 3. The Labute approximate surface area is 106 Å². The topological polar surface area (TPSA) is 75.4 Å². The van der Waals surface area contributed by atoms with Gasteiger partial charge in [-0.25, -0.2) is 0 Å². The molecule has 1 aliphatic heterocycles. The Morgan fingerprint density at radius 1 is 1.22 bits per heavy atom. The third-order valence-corrected chi connectivity index (χ3v) is 2.98. The van der Waals surface area contributed by atoms with Crippen LogP contribution >= 0.6 is 0 Å². The average Bonchev–Trinajstić information content (AvgIpc) is 2.32. The van der Waals surface area contributed by atoms with Crippen molar-refractivity contribution in [3.63, 3.8) is 0 Å². The van der Waals surface area contributed by atoms with Gasteiger partial charge in [-0.3, -0.25) is 9.59 Å². The van der Waals surface area contributed by atoms with Crippen LogP contribution in [0, 0.1) is 0 Å².